The highest BCUT2D eigenvalue weighted by molar-refractivity contribution is 5.73. The van der Waals surface area contributed by atoms with Gasteiger partial charge in [0.25, 0.3) is 0 Å². The second-order valence-corrected chi connectivity index (χ2v) is 5.41. The molecule has 5 heteroatoms. The van der Waals surface area contributed by atoms with Crippen LogP contribution in [0.4, 0.5) is 11.5 Å². The molecule has 24 heavy (non-hydrogen) atoms. The van der Waals surface area contributed by atoms with Gasteiger partial charge in [-0.05, 0) is 42.8 Å². The maximum absolute atomic E-state index is 11.4. The predicted molar refractivity (Wildman–Crippen MR) is 94.0 cm³/mol. The van der Waals surface area contributed by atoms with E-state index in [1.807, 2.05) is 66.3 Å². The fourth-order valence-corrected chi connectivity index (χ4v) is 2.30. The molecule has 0 amide bonds. The van der Waals surface area contributed by atoms with Crippen LogP contribution in [-0.2, 0) is 4.79 Å². The van der Waals surface area contributed by atoms with Gasteiger partial charge in [0, 0.05) is 24.4 Å². The van der Waals surface area contributed by atoms with Crippen molar-refractivity contribution in [1.29, 1.82) is 0 Å². The monoisotopic (exact) mass is 321 g/mol. The molecule has 0 radical (unpaired) electrons. The second-order valence-electron chi connectivity index (χ2n) is 5.41. The number of carbonyl (C=O) groups excluding carboxylic acids is 1. The number of para-hydroxylation sites is 1. The van der Waals surface area contributed by atoms with E-state index in [2.05, 4.69) is 10.4 Å². The number of anilines is 2. The highest BCUT2D eigenvalue weighted by Crippen LogP contribution is 2.24. The van der Waals surface area contributed by atoms with Gasteiger partial charge in [-0.2, -0.15) is 5.10 Å². The maximum atomic E-state index is 11.4. The second kappa shape index (κ2) is 7.00. The topological polar surface area (TPSA) is 56.1 Å². The predicted octanol–water partition coefficient (Wildman–Crippen LogP) is 4.24. The Hall–Kier alpha value is -3.08. The lowest BCUT2D eigenvalue weighted by Gasteiger charge is -2.09. The fourth-order valence-electron chi connectivity index (χ4n) is 2.30. The van der Waals surface area contributed by atoms with Crippen LogP contribution >= 0.6 is 0 Å². The van der Waals surface area contributed by atoms with Crippen LogP contribution in [0.2, 0.25) is 0 Å². The van der Waals surface area contributed by atoms with Gasteiger partial charge in [-0.15, -0.1) is 0 Å². The normalized spacial score (nSPS) is 10.4. The summed E-state index contributed by atoms with van der Waals surface area (Å²) in [5.74, 6) is 1.10. The van der Waals surface area contributed by atoms with Gasteiger partial charge in [-0.25, -0.2) is 4.68 Å². The lowest BCUT2D eigenvalue weighted by molar-refractivity contribution is -0.134. The van der Waals surface area contributed by atoms with Crippen LogP contribution in [0.5, 0.6) is 5.75 Å². The van der Waals surface area contributed by atoms with Crippen molar-refractivity contribution in [2.45, 2.75) is 20.3 Å². The summed E-state index contributed by atoms with van der Waals surface area (Å²) in [4.78, 5) is 11.4. The van der Waals surface area contributed by atoms with E-state index in [0.29, 0.717) is 12.2 Å². The van der Waals surface area contributed by atoms with Crippen LogP contribution in [0.25, 0.3) is 5.69 Å². The minimum absolute atomic E-state index is 0.236. The van der Waals surface area contributed by atoms with Gasteiger partial charge in [0.1, 0.15) is 5.75 Å². The lowest BCUT2D eigenvalue weighted by Crippen LogP contribution is -2.06. The van der Waals surface area contributed by atoms with Gasteiger partial charge < -0.3 is 10.1 Å². The first-order chi connectivity index (χ1) is 11.7. The Balaban J connectivity index is 1.74. The van der Waals surface area contributed by atoms with Crippen LogP contribution in [0.3, 0.4) is 0 Å². The average molecular weight is 321 g/mol. The van der Waals surface area contributed by atoms with E-state index in [9.17, 15) is 4.79 Å². The average Bonchev–Trinajstić information content (AvgIpc) is 3.06. The van der Waals surface area contributed by atoms with Gasteiger partial charge in [-0.1, -0.05) is 25.1 Å². The molecular formula is C19H19N3O2. The summed E-state index contributed by atoms with van der Waals surface area (Å²) < 4.78 is 7.09. The zero-order valence-corrected chi connectivity index (χ0v) is 13.7. The van der Waals surface area contributed by atoms with Crippen molar-refractivity contribution in [3.8, 4) is 11.4 Å². The fraction of sp³-hybridized carbons (Fsp3) is 0.158. The summed E-state index contributed by atoms with van der Waals surface area (Å²) >= 11 is 0. The van der Waals surface area contributed by atoms with Crippen molar-refractivity contribution in [2.24, 2.45) is 0 Å². The van der Waals surface area contributed by atoms with Crippen molar-refractivity contribution in [3.63, 3.8) is 0 Å². The van der Waals surface area contributed by atoms with Crippen LogP contribution < -0.4 is 10.1 Å². The lowest BCUT2D eigenvalue weighted by atomic mass is 10.2. The molecule has 1 N–H and O–H groups in total. The van der Waals surface area contributed by atoms with Crippen molar-refractivity contribution in [3.05, 3.63) is 66.4 Å². The van der Waals surface area contributed by atoms with Crippen molar-refractivity contribution in [2.75, 3.05) is 5.32 Å². The first kappa shape index (κ1) is 15.8. The number of aromatic nitrogens is 2. The highest BCUT2D eigenvalue weighted by Gasteiger charge is 2.07. The van der Waals surface area contributed by atoms with E-state index < -0.39 is 0 Å². The molecule has 0 fully saturated rings. The number of ether oxygens (including phenoxy) is 1. The molecule has 0 atom stereocenters. The van der Waals surface area contributed by atoms with Gasteiger partial charge in [0.05, 0.1) is 5.69 Å². The van der Waals surface area contributed by atoms with E-state index in [0.717, 1.165) is 22.8 Å². The number of aryl methyl sites for hydroxylation is 1. The molecule has 0 saturated heterocycles. The summed E-state index contributed by atoms with van der Waals surface area (Å²) in [6.45, 7) is 3.68. The van der Waals surface area contributed by atoms with Crippen molar-refractivity contribution in [1.82, 2.24) is 9.78 Å². The SMILES string of the molecule is CCC(=O)Oc1ccc(Nc2ccn(-c3ccccc3)n2)cc1C. The van der Waals surface area contributed by atoms with Crippen LogP contribution in [0.1, 0.15) is 18.9 Å². The molecule has 0 spiro atoms. The number of carbonyl (C=O) groups is 1. The van der Waals surface area contributed by atoms with Gasteiger partial charge in [0.2, 0.25) is 0 Å². The Bertz CT molecular complexity index is 841. The highest BCUT2D eigenvalue weighted by atomic mass is 16.5. The van der Waals surface area contributed by atoms with Crippen LogP contribution in [-0.4, -0.2) is 15.7 Å². The first-order valence-electron chi connectivity index (χ1n) is 7.85. The Labute approximate surface area is 140 Å². The number of benzene rings is 2. The number of rotatable bonds is 5. The number of nitrogens with one attached hydrogen (secondary N) is 1. The maximum Gasteiger partial charge on any atom is 0.310 e. The molecule has 0 aliphatic heterocycles. The Morgan fingerprint density at radius 2 is 1.96 bits per heavy atom. The zero-order valence-electron chi connectivity index (χ0n) is 13.7. The van der Waals surface area contributed by atoms with Crippen molar-refractivity contribution >= 4 is 17.5 Å². The number of esters is 1. The van der Waals surface area contributed by atoms with E-state index in [1.165, 1.54) is 0 Å². The smallest absolute Gasteiger partial charge is 0.310 e. The molecule has 3 rings (SSSR count). The summed E-state index contributed by atoms with van der Waals surface area (Å²) in [5.41, 5.74) is 2.79. The number of hydrogen-bond donors (Lipinski definition) is 1. The quantitative estimate of drug-likeness (QED) is 0.564. The third kappa shape index (κ3) is 3.63. The molecular weight excluding hydrogens is 302 g/mol. The number of nitrogens with zero attached hydrogens (tertiary/aromatic N) is 2. The first-order valence-corrected chi connectivity index (χ1v) is 7.85. The summed E-state index contributed by atoms with van der Waals surface area (Å²) in [7, 11) is 0. The molecule has 1 heterocycles. The number of hydrogen-bond acceptors (Lipinski definition) is 4. The van der Waals surface area contributed by atoms with E-state index >= 15 is 0 Å². The molecule has 0 unspecified atom stereocenters. The molecule has 2 aromatic carbocycles. The Kier molecular flexibility index (Phi) is 4.61. The van der Waals surface area contributed by atoms with Gasteiger partial charge in [0.15, 0.2) is 5.82 Å². The largest absolute Gasteiger partial charge is 0.426 e. The van der Waals surface area contributed by atoms with Gasteiger partial charge in [-0.3, -0.25) is 4.79 Å². The Morgan fingerprint density at radius 3 is 2.67 bits per heavy atom. The standard InChI is InChI=1S/C19H19N3O2/c1-3-19(23)24-17-10-9-15(13-14(17)2)20-18-11-12-22(21-18)16-7-5-4-6-8-16/h4-13H,3H2,1-2H3,(H,20,21). The summed E-state index contributed by atoms with van der Waals surface area (Å²) in [6.07, 6.45) is 2.26. The molecule has 0 bridgehead atoms. The van der Waals surface area contributed by atoms with E-state index in [4.69, 9.17) is 4.74 Å². The third-order valence-electron chi connectivity index (χ3n) is 3.57. The Morgan fingerprint density at radius 1 is 1.17 bits per heavy atom. The minimum atomic E-state index is -0.236. The van der Waals surface area contributed by atoms with Crippen molar-refractivity contribution < 1.29 is 9.53 Å². The molecule has 0 saturated carbocycles. The van der Waals surface area contributed by atoms with Crippen LogP contribution in [0, 0.1) is 6.92 Å². The van der Waals surface area contributed by atoms with E-state index in [-0.39, 0.29) is 5.97 Å². The summed E-state index contributed by atoms with van der Waals surface area (Å²) in [5, 5.41) is 7.77. The van der Waals surface area contributed by atoms with E-state index in [1.54, 1.807) is 13.0 Å². The summed E-state index contributed by atoms with van der Waals surface area (Å²) in [6, 6.07) is 17.4. The molecule has 0 aliphatic rings. The molecule has 1 aromatic heterocycles. The van der Waals surface area contributed by atoms with Gasteiger partial charge >= 0.3 is 5.97 Å². The zero-order chi connectivity index (χ0) is 16.9. The molecule has 122 valence electrons. The van der Waals surface area contributed by atoms with Crippen LogP contribution in [0.15, 0.2) is 60.8 Å². The molecule has 0 aliphatic carbocycles. The third-order valence-corrected chi connectivity index (χ3v) is 3.57. The molecule has 5 nitrogen and oxygen atoms in total. The molecule has 3 aromatic rings. The minimum Gasteiger partial charge on any atom is -0.426 e.